The summed E-state index contributed by atoms with van der Waals surface area (Å²) in [6, 6.07) is 5.41. The molecule has 0 heterocycles. The molecule has 3 N–H and O–H groups in total. The van der Waals surface area contributed by atoms with Crippen molar-refractivity contribution in [1.29, 1.82) is 0 Å². The highest BCUT2D eigenvalue weighted by Gasteiger charge is 2.07. The third-order valence-corrected chi connectivity index (χ3v) is 2.18. The second-order valence-corrected chi connectivity index (χ2v) is 3.50. The van der Waals surface area contributed by atoms with Crippen LogP contribution in [0.3, 0.4) is 0 Å². The first-order valence-electron chi connectivity index (χ1n) is 5.51. The van der Waals surface area contributed by atoms with Gasteiger partial charge in [0.15, 0.2) is 0 Å². The number of hydrogen-bond acceptors (Lipinski definition) is 5. The third kappa shape index (κ3) is 3.86. The first kappa shape index (κ1) is 13.2. The van der Waals surface area contributed by atoms with Crippen molar-refractivity contribution in [3.8, 4) is 5.75 Å². The van der Waals surface area contributed by atoms with E-state index >= 15 is 0 Å². The van der Waals surface area contributed by atoms with E-state index in [1.165, 1.54) is 7.11 Å². The molecule has 0 bridgehead atoms. The van der Waals surface area contributed by atoms with Gasteiger partial charge in [0.1, 0.15) is 12.3 Å². The number of nitrogen functional groups attached to an aromatic ring is 1. The largest absolute Gasteiger partial charge is 0.491 e. The Balaban J connectivity index is 2.69. The average molecular weight is 238 g/mol. The molecule has 0 saturated carbocycles. The van der Waals surface area contributed by atoms with E-state index in [0.29, 0.717) is 23.7 Å². The van der Waals surface area contributed by atoms with E-state index in [-0.39, 0.29) is 12.5 Å². The fourth-order valence-corrected chi connectivity index (χ4v) is 1.28. The number of esters is 1. The van der Waals surface area contributed by atoms with Crippen molar-refractivity contribution in [2.45, 2.75) is 13.3 Å². The van der Waals surface area contributed by atoms with Crippen LogP contribution in [0.2, 0.25) is 0 Å². The van der Waals surface area contributed by atoms with E-state index in [0.717, 1.165) is 6.42 Å². The van der Waals surface area contributed by atoms with Crippen LogP contribution in [-0.2, 0) is 9.53 Å². The maximum Gasteiger partial charge on any atom is 0.325 e. The van der Waals surface area contributed by atoms with E-state index in [9.17, 15) is 4.79 Å². The summed E-state index contributed by atoms with van der Waals surface area (Å²) in [4.78, 5) is 11.0. The summed E-state index contributed by atoms with van der Waals surface area (Å²) < 4.78 is 10.0. The molecule has 5 nitrogen and oxygen atoms in total. The number of benzene rings is 1. The Bertz CT molecular complexity index is 380. The van der Waals surface area contributed by atoms with Crippen molar-refractivity contribution in [3.63, 3.8) is 0 Å². The van der Waals surface area contributed by atoms with Gasteiger partial charge in [0.2, 0.25) is 0 Å². The maximum atomic E-state index is 11.0. The van der Waals surface area contributed by atoms with Crippen molar-refractivity contribution in [2.24, 2.45) is 0 Å². The summed E-state index contributed by atoms with van der Waals surface area (Å²) in [6.07, 6.45) is 0.916. The zero-order chi connectivity index (χ0) is 12.7. The highest BCUT2D eigenvalue weighted by molar-refractivity contribution is 5.79. The minimum atomic E-state index is -0.343. The van der Waals surface area contributed by atoms with Crippen LogP contribution < -0.4 is 15.8 Å². The topological polar surface area (TPSA) is 73.6 Å². The van der Waals surface area contributed by atoms with Gasteiger partial charge < -0.3 is 20.5 Å². The zero-order valence-electron chi connectivity index (χ0n) is 10.2. The van der Waals surface area contributed by atoms with Gasteiger partial charge in [0.25, 0.3) is 0 Å². The standard InChI is InChI=1S/C12H18N2O3/c1-3-7-17-10-6-4-5-9(12(10)13)14-8-11(15)16-2/h4-6,14H,3,7-8,13H2,1-2H3. The predicted molar refractivity (Wildman–Crippen MR) is 67.1 cm³/mol. The molecule has 0 aliphatic carbocycles. The molecule has 5 heteroatoms. The van der Waals surface area contributed by atoms with Crippen molar-refractivity contribution < 1.29 is 14.3 Å². The average Bonchev–Trinajstić information content (AvgIpc) is 2.35. The van der Waals surface area contributed by atoms with E-state index in [1.807, 2.05) is 13.0 Å². The molecule has 0 saturated heterocycles. The second kappa shape index (κ2) is 6.62. The first-order valence-corrected chi connectivity index (χ1v) is 5.51. The molecule has 1 aromatic carbocycles. The van der Waals surface area contributed by atoms with Crippen LogP contribution >= 0.6 is 0 Å². The van der Waals surface area contributed by atoms with E-state index in [1.54, 1.807) is 12.1 Å². The number of methoxy groups -OCH3 is 1. The molecule has 0 fully saturated rings. The predicted octanol–water partition coefficient (Wildman–Crippen LogP) is 1.64. The van der Waals surface area contributed by atoms with Gasteiger partial charge in [-0.3, -0.25) is 4.79 Å². The number of rotatable bonds is 6. The van der Waals surface area contributed by atoms with Gasteiger partial charge in [-0.1, -0.05) is 13.0 Å². The molecule has 94 valence electrons. The molecular formula is C12H18N2O3. The number of hydrogen-bond donors (Lipinski definition) is 2. The van der Waals surface area contributed by atoms with Crippen molar-refractivity contribution in [2.75, 3.05) is 31.3 Å². The normalized spacial score (nSPS) is 9.76. The Morgan fingerprint density at radius 3 is 2.88 bits per heavy atom. The smallest absolute Gasteiger partial charge is 0.325 e. The number of carbonyl (C=O) groups is 1. The molecule has 0 spiro atoms. The zero-order valence-corrected chi connectivity index (χ0v) is 10.2. The Morgan fingerprint density at radius 2 is 2.24 bits per heavy atom. The molecule has 0 aliphatic rings. The fraction of sp³-hybridized carbons (Fsp3) is 0.417. The van der Waals surface area contributed by atoms with Crippen LogP contribution in [-0.4, -0.2) is 26.2 Å². The van der Waals surface area contributed by atoms with Crippen LogP contribution in [0.1, 0.15) is 13.3 Å². The lowest BCUT2D eigenvalue weighted by Gasteiger charge is -2.12. The molecule has 0 radical (unpaired) electrons. The fourth-order valence-electron chi connectivity index (χ4n) is 1.28. The van der Waals surface area contributed by atoms with Crippen LogP contribution in [0.5, 0.6) is 5.75 Å². The summed E-state index contributed by atoms with van der Waals surface area (Å²) in [7, 11) is 1.34. The van der Waals surface area contributed by atoms with Crippen LogP contribution in [0.15, 0.2) is 18.2 Å². The van der Waals surface area contributed by atoms with Gasteiger partial charge in [-0.15, -0.1) is 0 Å². The van der Waals surface area contributed by atoms with Gasteiger partial charge in [-0.2, -0.15) is 0 Å². The lowest BCUT2D eigenvalue weighted by Crippen LogP contribution is -2.16. The molecule has 1 aromatic rings. The second-order valence-electron chi connectivity index (χ2n) is 3.50. The number of carbonyl (C=O) groups excluding carboxylic acids is 1. The SMILES string of the molecule is CCCOc1cccc(NCC(=O)OC)c1N. The van der Waals surface area contributed by atoms with Crippen molar-refractivity contribution in [3.05, 3.63) is 18.2 Å². The molecule has 0 atom stereocenters. The maximum absolute atomic E-state index is 11.0. The number of anilines is 2. The van der Waals surface area contributed by atoms with Crippen LogP contribution in [0.4, 0.5) is 11.4 Å². The van der Waals surface area contributed by atoms with E-state index < -0.39 is 0 Å². The summed E-state index contributed by atoms with van der Waals surface area (Å²) in [5, 5.41) is 2.90. The number of para-hydroxylation sites is 1. The lowest BCUT2D eigenvalue weighted by molar-refractivity contribution is -0.138. The van der Waals surface area contributed by atoms with Gasteiger partial charge in [0.05, 0.1) is 25.1 Å². The lowest BCUT2D eigenvalue weighted by atomic mass is 10.2. The molecule has 0 unspecified atom stereocenters. The molecule has 17 heavy (non-hydrogen) atoms. The molecular weight excluding hydrogens is 220 g/mol. The van der Waals surface area contributed by atoms with Crippen molar-refractivity contribution in [1.82, 2.24) is 0 Å². The first-order chi connectivity index (χ1) is 8.19. The van der Waals surface area contributed by atoms with Crippen LogP contribution in [0.25, 0.3) is 0 Å². The quantitative estimate of drug-likeness (QED) is 0.582. The Morgan fingerprint density at radius 1 is 1.47 bits per heavy atom. The number of ether oxygens (including phenoxy) is 2. The summed E-state index contributed by atoms with van der Waals surface area (Å²) in [5.74, 6) is 0.283. The van der Waals surface area contributed by atoms with E-state index in [4.69, 9.17) is 10.5 Å². The third-order valence-electron chi connectivity index (χ3n) is 2.18. The van der Waals surface area contributed by atoms with E-state index in [2.05, 4.69) is 10.1 Å². The molecule has 0 aliphatic heterocycles. The molecule has 0 aromatic heterocycles. The van der Waals surface area contributed by atoms with Gasteiger partial charge in [0, 0.05) is 0 Å². The van der Waals surface area contributed by atoms with Crippen LogP contribution in [0, 0.1) is 0 Å². The highest BCUT2D eigenvalue weighted by atomic mass is 16.5. The van der Waals surface area contributed by atoms with Gasteiger partial charge >= 0.3 is 5.97 Å². The van der Waals surface area contributed by atoms with Gasteiger partial charge in [-0.05, 0) is 18.6 Å². The Hall–Kier alpha value is -1.91. The Labute approximate surface area is 101 Å². The summed E-state index contributed by atoms with van der Waals surface area (Å²) in [5.41, 5.74) is 7.09. The Kier molecular flexibility index (Phi) is 5.13. The summed E-state index contributed by atoms with van der Waals surface area (Å²) >= 11 is 0. The van der Waals surface area contributed by atoms with Gasteiger partial charge in [-0.25, -0.2) is 0 Å². The van der Waals surface area contributed by atoms with Crippen molar-refractivity contribution >= 4 is 17.3 Å². The minimum absolute atomic E-state index is 0.0813. The number of nitrogens with two attached hydrogens (primary N) is 1. The molecule has 1 rings (SSSR count). The molecule has 0 amide bonds. The number of nitrogens with one attached hydrogen (secondary N) is 1. The summed E-state index contributed by atoms with van der Waals surface area (Å²) in [6.45, 7) is 2.72. The highest BCUT2D eigenvalue weighted by Crippen LogP contribution is 2.29. The minimum Gasteiger partial charge on any atom is -0.491 e. The monoisotopic (exact) mass is 238 g/mol.